The number of anilines is 3. The molecule has 4 aromatic carbocycles. The van der Waals surface area contributed by atoms with Crippen LogP contribution in [0.25, 0.3) is 0 Å². The lowest BCUT2D eigenvalue weighted by Gasteiger charge is -2.25. The van der Waals surface area contributed by atoms with E-state index in [0.29, 0.717) is 53.6 Å². The molecule has 0 spiro atoms. The van der Waals surface area contributed by atoms with Crippen molar-refractivity contribution in [1.82, 2.24) is 49.9 Å². The van der Waals surface area contributed by atoms with Crippen LogP contribution in [0.15, 0.2) is 136 Å². The zero-order valence-electron chi connectivity index (χ0n) is 61.0. The number of esters is 2. The van der Waals surface area contributed by atoms with E-state index in [9.17, 15) is 52.2 Å². The minimum atomic E-state index is -3.81. The van der Waals surface area contributed by atoms with Gasteiger partial charge in [-0.25, -0.2) is 28.8 Å². The summed E-state index contributed by atoms with van der Waals surface area (Å²) >= 11 is 0. The number of aromatic nitrogens is 6. The maximum atomic E-state index is 16.2. The molecule has 3 aliphatic rings. The molecule has 10 atom stereocenters. The van der Waals surface area contributed by atoms with Crippen LogP contribution in [-0.4, -0.2) is 157 Å². The van der Waals surface area contributed by atoms with Gasteiger partial charge in [-0.15, -0.1) is 0 Å². The molecule has 0 radical (unpaired) electrons. The summed E-state index contributed by atoms with van der Waals surface area (Å²) in [5.41, 5.74) is 13.0. The van der Waals surface area contributed by atoms with Crippen LogP contribution >= 0.6 is 0 Å². The molecule has 3 saturated heterocycles. The number of nitrogen functional groups attached to an aromatic ring is 1. The Bertz CT molecular complexity index is 4430. The van der Waals surface area contributed by atoms with E-state index in [0.717, 1.165) is 74.8 Å². The van der Waals surface area contributed by atoms with Gasteiger partial charge in [0.05, 0.1) is 17.3 Å². The van der Waals surface area contributed by atoms with E-state index in [4.69, 9.17) is 35.2 Å². The molecule has 7 aromatic rings. The van der Waals surface area contributed by atoms with Crippen molar-refractivity contribution in [2.75, 3.05) is 49.1 Å². The Morgan fingerprint density at radius 2 is 0.944 bits per heavy atom. The number of urea groups is 1. The van der Waals surface area contributed by atoms with Gasteiger partial charge in [0.1, 0.15) is 35.8 Å². The quantitative estimate of drug-likeness (QED) is 0.0107. The number of nitrogens with two attached hydrogens (primary N) is 2. The van der Waals surface area contributed by atoms with Gasteiger partial charge in [-0.3, -0.25) is 28.6 Å². The summed E-state index contributed by atoms with van der Waals surface area (Å²) in [7, 11) is 0. The first-order valence-electron chi connectivity index (χ1n) is 35.0. The second-order valence-corrected chi connectivity index (χ2v) is 26.3. The molecule has 108 heavy (non-hydrogen) atoms. The minimum Gasteiger partial charge on any atom is -0.449 e. The summed E-state index contributed by atoms with van der Waals surface area (Å²) in [6.45, 7) is 16.9. The smallest absolute Gasteiger partial charge is 0.351 e. The van der Waals surface area contributed by atoms with Crippen molar-refractivity contribution < 1.29 is 79.1 Å². The molecule has 582 valence electrons. The summed E-state index contributed by atoms with van der Waals surface area (Å²) in [6.07, 6.45) is -7.86. The highest BCUT2D eigenvalue weighted by Gasteiger charge is 2.64. The number of amides is 4. The first-order chi connectivity index (χ1) is 51.2. The summed E-state index contributed by atoms with van der Waals surface area (Å²) in [5, 5.41) is 26.2. The highest BCUT2D eigenvalue weighted by molar-refractivity contribution is 6.04. The number of ether oxygens (including phenoxy) is 5. The Balaban J connectivity index is 0.000000211. The molecular formula is C74H90F6N14O14. The molecule has 0 saturated carbocycles. The topological polar surface area (TPSA) is 381 Å². The van der Waals surface area contributed by atoms with Crippen molar-refractivity contribution in [2.24, 2.45) is 5.73 Å². The highest BCUT2D eigenvalue weighted by atomic mass is 19.3. The van der Waals surface area contributed by atoms with E-state index in [1.165, 1.54) is 18.2 Å². The Morgan fingerprint density at radius 1 is 0.537 bits per heavy atom. The zero-order valence-corrected chi connectivity index (χ0v) is 61.0. The van der Waals surface area contributed by atoms with Gasteiger partial charge < -0.3 is 66.8 Å². The Kier molecular flexibility index (Phi) is 28.6. The van der Waals surface area contributed by atoms with Crippen molar-refractivity contribution in [3.05, 3.63) is 209 Å². The van der Waals surface area contributed by atoms with Crippen LogP contribution in [0.1, 0.15) is 153 Å². The second kappa shape index (κ2) is 37.1. The lowest BCUT2D eigenvalue weighted by Crippen LogP contribution is -2.49. The molecule has 11 N–H and O–H groups in total. The van der Waals surface area contributed by atoms with E-state index < -0.39 is 120 Å². The molecule has 6 heterocycles. The van der Waals surface area contributed by atoms with Gasteiger partial charge in [0.25, 0.3) is 11.8 Å². The molecule has 10 rings (SSSR count). The summed E-state index contributed by atoms with van der Waals surface area (Å²) in [5.74, 6) is -14.6. The van der Waals surface area contributed by atoms with Crippen molar-refractivity contribution in [3.8, 4) is 0 Å². The van der Waals surface area contributed by atoms with E-state index >= 15 is 17.6 Å². The molecular weight excluding hydrogens is 1420 g/mol. The molecule has 34 heteroatoms. The molecule has 0 aliphatic carbocycles. The van der Waals surface area contributed by atoms with E-state index in [1.807, 2.05) is 27.7 Å². The second-order valence-electron chi connectivity index (χ2n) is 26.3. The van der Waals surface area contributed by atoms with E-state index in [2.05, 4.69) is 53.8 Å². The van der Waals surface area contributed by atoms with Gasteiger partial charge in [0.2, 0.25) is 18.7 Å². The predicted molar refractivity (Wildman–Crippen MR) is 386 cm³/mol. The lowest BCUT2D eigenvalue weighted by molar-refractivity contribution is -0.142. The standard InChI is InChI=1S/C33H41F2N5O5.C26H26F2N4O5.C15H23F2N5O4/c1-6-7-11-15-36-23(5)37-19-25-28(45-30(42)27-21(3)17-20(2)18-22(27)4)33(34,35)31(44-25)40-16-14-26(39-32(40)43)38-29(41)24-12-9-8-10-13-24;1-14-11-15(2)20(16(3)12-14)23(34)37-21-18(13-29)36-24(26(21,27)28)32-10-9-19(31-25(32)35)30-22(33)17-7-5-4-6-8-17;1-2-3-4-6-19-13(24)20-8-9-11(23)15(16,17)12(26-9)22-7-5-10(18)21-14(22)25/h8-10,12-14,16-18,23,25,28,31,36-37H,6-7,11,15,19H2,1-5H3,(H,38,39,41,43);4-12,18,21,24H,13,29H2,1-3H3,(H,30,31,33,35);5,7,9,11-12,23H,2-4,6,8H2,1H3,(H2,18,21,25)(H2,19,20,24)/t23?,25-,28-,31-;18-,21-,24-;9-,11-,12-/m111/s1. The molecule has 1 unspecified atom stereocenters. The molecule has 3 fully saturated rings. The van der Waals surface area contributed by atoms with Gasteiger partial charge in [-0.1, -0.05) is 111 Å². The fourth-order valence-electron chi connectivity index (χ4n) is 12.4. The molecule has 28 nitrogen and oxygen atoms in total. The number of halogens is 6. The lowest BCUT2D eigenvalue weighted by atomic mass is 9.99. The number of aryl methyl sites for hydroxylation is 6. The number of nitrogens with one attached hydrogen (secondary N) is 6. The van der Waals surface area contributed by atoms with Crippen LogP contribution < -0.4 is 60.4 Å². The Labute approximate surface area is 617 Å². The number of benzene rings is 4. The Hall–Kier alpha value is -10.2. The third kappa shape index (κ3) is 20.5. The van der Waals surface area contributed by atoms with Gasteiger partial charge in [0.15, 0.2) is 18.3 Å². The normalized spacial score (nSPS) is 21.1. The van der Waals surface area contributed by atoms with Crippen LogP contribution in [-0.2, 0) is 23.7 Å². The number of aliphatic hydroxyl groups excluding tert-OH is 1. The van der Waals surface area contributed by atoms with Crippen LogP contribution in [0.4, 0.5) is 48.6 Å². The third-order valence-electron chi connectivity index (χ3n) is 17.8. The van der Waals surface area contributed by atoms with Crippen LogP contribution in [0, 0.1) is 41.5 Å². The van der Waals surface area contributed by atoms with E-state index in [1.54, 1.807) is 113 Å². The maximum Gasteiger partial charge on any atom is 0.351 e. The number of carbonyl (C=O) groups excluding carboxylic acids is 5. The fourth-order valence-corrected chi connectivity index (χ4v) is 12.4. The van der Waals surface area contributed by atoms with Crippen LogP contribution in [0.5, 0.6) is 0 Å². The number of hydrogen-bond acceptors (Lipinski definition) is 21. The monoisotopic (exact) mass is 1510 g/mol. The Morgan fingerprint density at radius 3 is 1.38 bits per heavy atom. The average molecular weight is 1510 g/mol. The molecule has 3 aliphatic heterocycles. The molecule has 4 amide bonds. The molecule has 0 bridgehead atoms. The van der Waals surface area contributed by atoms with Crippen molar-refractivity contribution in [1.29, 1.82) is 0 Å². The third-order valence-corrected chi connectivity index (χ3v) is 17.8. The first-order valence-corrected chi connectivity index (χ1v) is 35.0. The van der Waals surface area contributed by atoms with Gasteiger partial charge in [-0.2, -0.15) is 41.3 Å². The fraction of sp³-hybridized carbons (Fsp3) is 0.446. The average Bonchev–Trinajstić information content (AvgIpc) is 1.54. The van der Waals surface area contributed by atoms with Gasteiger partial charge in [0, 0.05) is 55.9 Å². The van der Waals surface area contributed by atoms with Crippen molar-refractivity contribution in [2.45, 2.75) is 180 Å². The van der Waals surface area contributed by atoms with Crippen molar-refractivity contribution in [3.63, 3.8) is 0 Å². The number of hydrogen-bond donors (Lipinski definition) is 9. The summed E-state index contributed by atoms with van der Waals surface area (Å²) in [4.78, 5) is 111. The number of rotatable bonds is 26. The summed E-state index contributed by atoms with van der Waals surface area (Å²) in [6, 6.07) is 26.6. The maximum absolute atomic E-state index is 16.2. The van der Waals surface area contributed by atoms with Gasteiger partial charge in [-0.05, 0) is 133 Å². The zero-order chi connectivity index (χ0) is 78.9. The first kappa shape index (κ1) is 83.4. The van der Waals surface area contributed by atoms with Crippen LogP contribution in [0.2, 0.25) is 0 Å². The number of aliphatic hydroxyl groups is 1. The number of unbranched alkanes of at least 4 members (excludes halogenated alkanes) is 4. The number of carbonyl (C=O) groups is 5. The minimum absolute atomic E-state index is 0.0920. The van der Waals surface area contributed by atoms with Crippen LogP contribution in [0.3, 0.4) is 0 Å². The highest BCUT2D eigenvalue weighted by Crippen LogP contribution is 2.46. The van der Waals surface area contributed by atoms with Crippen molar-refractivity contribution >= 4 is 47.2 Å². The van der Waals surface area contributed by atoms with Gasteiger partial charge >= 0.3 is 52.8 Å². The molecule has 3 aromatic heterocycles. The SMILES string of the molecule is CCCCCNC(=O)NC[C@H]1O[C@@H](n2ccc(N)nc2=O)C(F)(F)[C@@H]1O.CCCCCNC(C)NC[C@H]1O[C@@H](n2ccc(NC(=O)c3ccccc3)nc2=O)C(F)(F)[C@@H]1OC(=O)c1c(C)cc(C)cc1C.Cc1cc(C)c(C(=O)O[C@@H]2[C@@H](CN)O[C@@H](n3ccc(NC(=O)c4ccccc4)nc3=O)C2(F)F)c(C)c1. The summed E-state index contributed by atoms with van der Waals surface area (Å²) < 4.78 is 121. The largest absolute Gasteiger partial charge is 0.449 e. The number of alkyl halides is 6. The predicted octanol–water partition coefficient (Wildman–Crippen LogP) is 8.24. The number of nitrogens with zero attached hydrogens (tertiary/aromatic N) is 6. The van der Waals surface area contributed by atoms with E-state index in [-0.39, 0.29) is 54.4 Å².